The molecule has 0 aliphatic heterocycles. The Morgan fingerprint density at radius 1 is 1.20 bits per heavy atom. The minimum atomic E-state index is 0. The van der Waals surface area contributed by atoms with Crippen LogP contribution in [0.2, 0.25) is 5.02 Å². The maximum atomic E-state index is 8.34. The lowest BCUT2D eigenvalue weighted by Gasteiger charge is -1.86. The van der Waals surface area contributed by atoms with Crippen LogP contribution in [0, 0.1) is 11.3 Å². The topological polar surface area (TPSA) is 55.3 Å². The van der Waals surface area contributed by atoms with E-state index < -0.39 is 0 Å². The number of hydrogen-bond donors (Lipinski definition) is 0. The highest BCUT2D eigenvalue weighted by atomic mass is 35.5. The molecule has 2 nitrogen and oxygen atoms in total. The van der Waals surface area contributed by atoms with Gasteiger partial charge >= 0.3 is 0 Å². The number of rotatable bonds is 0. The second kappa shape index (κ2) is 3.89. The molecule has 3 heteroatoms. The van der Waals surface area contributed by atoms with Crippen molar-refractivity contribution in [2.45, 2.75) is 0 Å². The van der Waals surface area contributed by atoms with E-state index >= 15 is 0 Å². The summed E-state index contributed by atoms with van der Waals surface area (Å²) in [6.07, 6.45) is 0. The second-order valence-electron chi connectivity index (χ2n) is 1.62. The molecule has 0 unspecified atom stereocenters. The fraction of sp³-hybridized carbons (Fsp3) is 0. The Labute approximate surface area is 64.0 Å². The molecule has 0 aliphatic carbocycles. The van der Waals surface area contributed by atoms with Crippen LogP contribution in [0.3, 0.4) is 0 Å². The lowest BCUT2D eigenvalue weighted by Crippen LogP contribution is -1.69. The quantitative estimate of drug-likeness (QED) is 0.559. The van der Waals surface area contributed by atoms with Gasteiger partial charge in [0.1, 0.15) is 0 Å². The van der Waals surface area contributed by atoms with Gasteiger partial charge in [0.15, 0.2) is 0 Å². The zero-order valence-electron chi connectivity index (χ0n) is 5.13. The van der Waals surface area contributed by atoms with Gasteiger partial charge in [0.2, 0.25) is 0 Å². The predicted octanol–water partition coefficient (Wildman–Crippen LogP) is 1.39. The first-order valence-corrected chi connectivity index (χ1v) is 2.86. The van der Waals surface area contributed by atoms with Crippen LogP contribution in [-0.2, 0) is 0 Å². The molecule has 0 atom stereocenters. The van der Waals surface area contributed by atoms with Crippen LogP contribution in [-0.4, -0.2) is 5.48 Å². The molecular formula is C7H6ClNO. The molecule has 0 spiro atoms. The molecule has 52 valence electrons. The van der Waals surface area contributed by atoms with Gasteiger partial charge in [-0.25, -0.2) is 0 Å². The molecule has 10 heavy (non-hydrogen) atoms. The Bertz CT molecular complexity index is 237. The Hall–Kier alpha value is -1.04. The zero-order valence-corrected chi connectivity index (χ0v) is 5.89. The molecule has 0 amide bonds. The van der Waals surface area contributed by atoms with Crippen LogP contribution in [0.25, 0.3) is 0 Å². The van der Waals surface area contributed by atoms with E-state index in [-0.39, 0.29) is 5.48 Å². The van der Waals surface area contributed by atoms with E-state index in [1.165, 1.54) is 0 Å². The van der Waals surface area contributed by atoms with E-state index in [9.17, 15) is 0 Å². The van der Waals surface area contributed by atoms with E-state index in [1.54, 1.807) is 24.3 Å². The van der Waals surface area contributed by atoms with E-state index in [2.05, 4.69) is 0 Å². The largest absolute Gasteiger partial charge is 0.412 e. The molecular weight excluding hydrogens is 150 g/mol. The third-order valence-corrected chi connectivity index (χ3v) is 1.23. The Balaban J connectivity index is 0.000000810. The Morgan fingerprint density at radius 2 is 1.70 bits per heavy atom. The van der Waals surface area contributed by atoms with Gasteiger partial charge in [-0.2, -0.15) is 5.26 Å². The van der Waals surface area contributed by atoms with E-state index in [1.807, 2.05) is 6.07 Å². The van der Waals surface area contributed by atoms with Gasteiger partial charge in [-0.1, -0.05) is 11.6 Å². The normalized spacial score (nSPS) is 7.60. The number of nitrogens with zero attached hydrogens (tertiary/aromatic N) is 1. The van der Waals surface area contributed by atoms with Crippen LogP contribution < -0.4 is 0 Å². The van der Waals surface area contributed by atoms with Crippen LogP contribution in [0.5, 0.6) is 0 Å². The molecule has 0 radical (unpaired) electrons. The van der Waals surface area contributed by atoms with Crippen LogP contribution in [0.15, 0.2) is 24.3 Å². The highest BCUT2D eigenvalue weighted by Crippen LogP contribution is 2.07. The summed E-state index contributed by atoms with van der Waals surface area (Å²) in [5.74, 6) is 0. The predicted molar refractivity (Wildman–Crippen MR) is 39.8 cm³/mol. The van der Waals surface area contributed by atoms with Gasteiger partial charge in [0, 0.05) is 5.02 Å². The van der Waals surface area contributed by atoms with Crippen molar-refractivity contribution >= 4 is 11.6 Å². The van der Waals surface area contributed by atoms with Crippen molar-refractivity contribution in [2.24, 2.45) is 0 Å². The van der Waals surface area contributed by atoms with Gasteiger partial charge in [-0.3, -0.25) is 0 Å². The Kier molecular flexibility index (Phi) is 3.48. The fourth-order valence-corrected chi connectivity index (χ4v) is 0.650. The molecule has 0 bridgehead atoms. The van der Waals surface area contributed by atoms with E-state index in [4.69, 9.17) is 16.9 Å². The number of nitriles is 1. The molecule has 0 saturated carbocycles. The molecule has 1 aromatic carbocycles. The van der Waals surface area contributed by atoms with E-state index in [0.29, 0.717) is 10.6 Å². The number of hydrogen-bond acceptors (Lipinski definition) is 1. The van der Waals surface area contributed by atoms with Gasteiger partial charge in [0.25, 0.3) is 0 Å². The maximum absolute atomic E-state index is 8.34. The van der Waals surface area contributed by atoms with Gasteiger partial charge in [0.05, 0.1) is 11.6 Å². The molecule has 0 aromatic heterocycles. The van der Waals surface area contributed by atoms with Crippen molar-refractivity contribution in [1.29, 1.82) is 5.26 Å². The van der Waals surface area contributed by atoms with Crippen LogP contribution in [0.4, 0.5) is 0 Å². The maximum Gasteiger partial charge on any atom is 0.0991 e. The first-order valence-electron chi connectivity index (χ1n) is 2.48. The molecule has 1 aromatic rings. The highest BCUT2D eigenvalue weighted by Gasteiger charge is 1.86. The lowest BCUT2D eigenvalue weighted by molar-refractivity contribution is 0.824. The molecule has 0 saturated heterocycles. The van der Waals surface area contributed by atoms with Crippen molar-refractivity contribution in [1.82, 2.24) is 0 Å². The summed E-state index contributed by atoms with van der Waals surface area (Å²) < 4.78 is 0. The average molecular weight is 156 g/mol. The molecule has 0 aliphatic rings. The summed E-state index contributed by atoms with van der Waals surface area (Å²) in [7, 11) is 0. The van der Waals surface area contributed by atoms with Crippen molar-refractivity contribution in [2.75, 3.05) is 0 Å². The summed E-state index contributed by atoms with van der Waals surface area (Å²) in [5, 5.41) is 9.00. The lowest BCUT2D eigenvalue weighted by atomic mass is 10.2. The SMILES string of the molecule is N#Cc1ccc(Cl)cc1.O. The van der Waals surface area contributed by atoms with Gasteiger partial charge < -0.3 is 5.48 Å². The first-order chi connectivity index (χ1) is 4.33. The summed E-state index contributed by atoms with van der Waals surface area (Å²) in [6, 6.07) is 8.75. The van der Waals surface area contributed by atoms with E-state index in [0.717, 1.165) is 0 Å². The van der Waals surface area contributed by atoms with Crippen molar-refractivity contribution < 1.29 is 5.48 Å². The molecule has 0 fully saturated rings. The van der Waals surface area contributed by atoms with Crippen molar-refractivity contribution in [3.63, 3.8) is 0 Å². The van der Waals surface area contributed by atoms with Crippen LogP contribution >= 0.6 is 11.6 Å². The first kappa shape index (κ1) is 8.96. The number of benzene rings is 1. The minimum Gasteiger partial charge on any atom is -0.412 e. The van der Waals surface area contributed by atoms with Crippen LogP contribution in [0.1, 0.15) is 5.56 Å². The van der Waals surface area contributed by atoms with Crippen molar-refractivity contribution in [3.05, 3.63) is 34.9 Å². The number of halogens is 1. The summed E-state index contributed by atoms with van der Waals surface area (Å²) in [5.41, 5.74) is 0.638. The fourth-order valence-electron chi connectivity index (χ4n) is 0.524. The Morgan fingerprint density at radius 3 is 2.10 bits per heavy atom. The third kappa shape index (κ3) is 2.06. The standard InChI is InChI=1S/C7H4ClN.H2O/c8-7-3-1-6(5-9)2-4-7;/h1-4H;1H2. The smallest absolute Gasteiger partial charge is 0.0991 e. The summed E-state index contributed by atoms with van der Waals surface area (Å²) in [6.45, 7) is 0. The average Bonchev–Trinajstić information content (AvgIpc) is 1.90. The minimum absolute atomic E-state index is 0. The zero-order chi connectivity index (χ0) is 6.69. The monoisotopic (exact) mass is 155 g/mol. The summed E-state index contributed by atoms with van der Waals surface area (Å²) >= 11 is 5.56. The highest BCUT2D eigenvalue weighted by molar-refractivity contribution is 6.30. The van der Waals surface area contributed by atoms with Gasteiger partial charge in [-0.15, -0.1) is 0 Å². The summed E-state index contributed by atoms with van der Waals surface area (Å²) in [4.78, 5) is 0. The molecule has 2 N–H and O–H groups in total. The molecule has 0 heterocycles. The molecule has 1 rings (SSSR count). The second-order valence-corrected chi connectivity index (χ2v) is 2.06. The van der Waals surface area contributed by atoms with Crippen molar-refractivity contribution in [3.8, 4) is 6.07 Å². The third-order valence-electron chi connectivity index (χ3n) is 0.973. The van der Waals surface area contributed by atoms with Gasteiger partial charge in [-0.05, 0) is 24.3 Å².